The molecule has 1 saturated carbocycles. The van der Waals surface area contributed by atoms with Crippen molar-refractivity contribution in [2.75, 3.05) is 19.7 Å². The highest BCUT2D eigenvalue weighted by Crippen LogP contribution is 2.30. The number of rotatable bonds is 4. The van der Waals surface area contributed by atoms with Gasteiger partial charge in [0.25, 0.3) is 0 Å². The maximum atomic E-state index is 11.5. The van der Waals surface area contributed by atoms with Crippen LogP contribution in [0.25, 0.3) is 0 Å². The van der Waals surface area contributed by atoms with Crippen LogP contribution in [0.2, 0.25) is 0 Å². The fraction of sp³-hybridized carbons (Fsp3) is 0.944. The molecule has 1 saturated heterocycles. The zero-order valence-corrected chi connectivity index (χ0v) is 15.2. The molecular weight excluding hydrogens is 292 g/mol. The monoisotopic (exact) mass is 325 g/mol. The number of carbonyl (C=O) groups is 1. The van der Waals surface area contributed by atoms with Crippen molar-refractivity contribution in [2.45, 2.75) is 89.9 Å². The van der Waals surface area contributed by atoms with Gasteiger partial charge in [-0.3, -0.25) is 0 Å². The van der Waals surface area contributed by atoms with Crippen molar-refractivity contribution >= 4 is 6.09 Å². The molecule has 1 heterocycles. The Bertz CT molecular complexity index is 378. The molecule has 5 nitrogen and oxygen atoms in total. The summed E-state index contributed by atoms with van der Waals surface area (Å²) in [6.45, 7) is 10.7. The molecule has 1 aliphatic carbocycles. The summed E-state index contributed by atoms with van der Waals surface area (Å²) < 4.78 is 5.73. The highest BCUT2D eigenvalue weighted by Gasteiger charge is 2.34. The quantitative estimate of drug-likeness (QED) is 0.795. The smallest absolute Gasteiger partial charge is 0.137 e. The van der Waals surface area contributed by atoms with E-state index in [-0.39, 0.29) is 11.6 Å². The summed E-state index contributed by atoms with van der Waals surface area (Å²) in [5, 5.41) is 11.5. The predicted molar refractivity (Wildman–Crippen MR) is 89.3 cm³/mol. The predicted octanol–water partition coefficient (Wildman–Crippen LogP) is 2.24. The third kappa shape index (κ3) is 4.83. The van der Waals surface area contributed by atoms with Crippen LogP contribution in [0, 0.1) is 0 Å². The largest absolute Gasteiger partial charge is 0.530 e. The van der Waals surface area contributed by atoms with Crippen molar-refractivity contribution in [1.29, 1.82) is 0 Å². The number of carboxylic acid groups (broad SMARTS) is 1. The van der Waals surface area contributed by atoms with Gasteiger partial charge in [0, 0.05) is 37.3 Å². The number of likely N-dealkylation sites (tertiary alicyclic amines) is 1. The molecule has 0 aromatic rings. The van der Waals surface area contributed by atoms with E-state index in [4.69, 9.17) is 4.74 Å². The van der Waals surface area contributed by atoms with Gasteiger partial charge in [-0.15, -0.1) is 0 Å². The zero-order valence-electron chi connectivity index (χ0n) is 15.2. The standard InChI is InChI=1S/C18H34N2O3/c1-5-23-16-8-6-14(7-9-16)19-12-10-15(11-13-19)20(17(21)22)18(2,3)4/h14-16H,5-13H2,1-4H3,(H,21,22)/p-1. The molecule has 2 aliphatic rings. The summed E-state index contributed by atoms with van der Waals surface area (Å²) in [6, 6.07) is 0.745. The summed E-state index contributed by atoms with van der Waals surface area (Å²) in [7, 11) is 0. The maximum absolute atomic E-state index is 11.5. The van der Waals surface area contributed by atoms with Crippen molar-refractivity contribution in [1.82, 2.24) is 9.80 Å². The van der Waals surface area contributed by atoms with Crippen molar-refractivity contribution in [3.8, 4) is 0 Å². The first-order chi connectivity index (χ1) is 10.8. The molecule has 1 aliphatic heterocycles. The molecule has 2 rings (SSSR count). The number of hydrogen-bond acceptors (Lipinski definition) is 4. The molecule has 0 bridgehead atoms. The molecule has 1 amide bonds. The second-order valence-corrected chi connectivity index (χ2v) is 7.96. The topological polar surface area (TPSA) is 55.8 Å². The Labute approximate surface area is 141 Å². The lowest BCUT2D eigenvalue weighted by atomic mass is 9.89. The Hall–Kier alpha value is -0.810. The van der Waals surface area contributed by atoms with Crippen molar-refractivity contribution in [3.05, 3.63) is 0 Å². The molecule has 23 heavy (non-hydrogen) atoms. The summed E-state index contributed by atoms with van der Waals surface area (Å²) in [5.74, 6) is 0. The SMILES string of the molecule is CCOC1CCC(N2CCC(N(C(=O)[O-])C(C)(C)C)CC2)CC1. The second-order valence-electron chi connectivity index (χ2n) is 7.96. The first-order valence-corrected chi connectivity index (χ1v) is 9.19. The average Bonchev–Trinajstić information content (AvgIpc) is 2.47. The van der Waals surface area contributed by atoms with Crippen molar-refractivity contribution < 1.29 is 14.6 Å². The fourth-order valence-electron chi connectivity index (χ4n) is 4.29. The normalized spacial score (nSPS) is 27.8. The summed E-state index contributed by atoms with van der Waals surface area (Å²) in [6.07, 6.45) is 5.97. The van der Waals surface area contributed by atoms with Crippen molar-refractivity contribution in [3.63, 3.8) is 0 Å². The van der Waals surface area contributed by atoms with Gasteiger partial charge in [-0.1, -0.05) is 0 Å². The van der Waals surface area contributed by atoms with Gasteiger partial charge < -0.3 is 24.4 Å². The van der Waals surface area contributed by atoms with Crippen LogP contribution in [0.3, 0.4) is 0 Å². The molecule has 0 spiro atoms. The first-order valence-electron chi connectivity index (χ1n) is 9.19. The Morgan fingerprint density at radius 2 is 1.70 bits per heavy atom. The van der Waals surface area contributed by atoms with E-state index in [0.29, 0.717) is 12.1 Å². The van der Waals surface area contributed by atoms with Crippen LogP contribution in [0.15, 0.2) is 0 Å². The Kier molecular flexibility index (Phi) is 6.32. The van der Waals surface area contributed by atoms with Gasteiger partial charge in [-0.05, 0) is 66.2 Å². The fourth-order valence-corrected chi connectivity index (χ4v) is 4.29. The second kappa shape index (κ2) is 7.84. The summed E-state index contributed by atoms with van der Waals surface area (Å²) in [4.78, 5) is 15.6. The van der Waals surface area contributed by atoms with E-state index in [1.54, 1.807) is 4.90 Å². The van der Waals surface area contributed by atoms with E-state index in [1.165, 1.54) is 12.8 Å². The van der Waals surface area contributed by atoms with E-state index in [1.807, 2.05) is 20.8 Å². The van der Waals surface area contributed by atoms with Gasteiger partial charge in [-0.2, -0.15) is 0 Å². The minimum absolute atomic E-state index is 0.0935. The van der Waals surface area contributed by atoms with E-state index < -0.39 is 6.09 Å². The third-order valence-corrected chi connectivity index (χ3v) is 5.35. The van der Waals surface area contributed by atoms with Crippen LogP contribution in [0.1, 0.15) is 66.2 Å². The van der Waals surface area contributed by atoms with E-state index >= 15 is 0 Å². The number of hydrogen-bond donors (Lipinski definition) is 0. The maximum Gasteiger partial charge on any atom is 0.137 e. The van der Waals surface area contributed by atoms with Gasteiger partial charge in [0.1, 0.15) is 6.09 Å². The Morgan fingerprint density at radius 1 is 1.13 bits per heavy atom. The van der Waals surface area contributed by atoms with E-state index in [0.717, 1.165) is 45.4 Å². The number of nitrogens with zero attached hydrogens (tertiary/aromatic N) is 2. The lowest BCUT2D eigenvalue weighted by Crippen LogP contribution is -2.59. The van der Waals surface area contributed by atoms with Crippen LogP contribution < -0.4 is 5.11 Å². The number of amides is 1. The number of carbonyl (C=O) groups excluding carboxylic acids is 1. The van der Waals surface area contributed by atoms with Crippen LogP contribution in [-0.2, 0) is 4.74 Å². The Balaban J connectivity index is 1.83. The van der Waals surface area contributed by atoms with E-state index in [2.05, 4.69) is 11.8 Å². The number of piperidine rings is 1. The van der Waals surface area contributed by atoms with Gasteiger partial charge in [-0.25, -0.2) is 0 Å². The van der Waals surface area contributed by atoms with E-state index in [9.17, 15) is 9.90 Å². The third-order valence-electron chi connectivity index (χ3n) is 5.35. The molecular formula is C18H33N2O3-. The molecule has 2 fully saturated rings. The van der Waals surface area contributed by atoms with Crippen molar-refractivity contribution in [2.24, 2.45) is 0 Å². The molecule has 134 valence electrons. The van der Waals surface area contributed by atoms with Crippen LogP contribution >= 0.6 is 0 Å². The lowest BCUT2D eigenvalue weighted by Gasteiger charge is -2.48. The van der Waals surface area contributed by atoms with Crippen LogP contribution in [-0.4, -0.2) is 59.3 Å². The van der Waals surface area contributed by atoms with Gasteiger partial charge in [0.05, 0.1) is 6.10 Å². The van der Waals surface area contributed by atoms with Gasteiger partial charge in [0.2, 0.25) is 0 Å². The molecule has 0 radical (unpaired) electrons. The minimum atomic E-state index is -1.03. The minimum Gasteiger partial charge on any atom is -0.530 e. The van der Waals surface area contributed by atoms with Gasteiger partial charge in [0.15, 0.2) is 0 Å². The Morgan fingerprint density at radius 3 is 2.13 bits per heavy atom. The molecule has 0 atom stereocenters. The number of ether oxygens (including phenoxy) is 1. The highest BCUT2D eigenvalue weighted by molar-refractivity contribution is 5.64. The molecule has 5 heteroatoms. The summed E-state index contributed by atoms with van der Waals surface area (Å²) >= 11 is 0. The molecule has 0 N–H and O–H groups in total. The first kappa shape index (κ1) is 18.5. The highest BCUT2D eigenvalue weighted by atomic mass is 16.5. The molecule has 0 aromatic heterocycles. The molecule has 0 aromatic carbocycles. The van der Waals surface area contributed by atoms with Gasteiger partial charge >= 0.3 is 0 Å². The summed E-state index contributed by atoms with van der Waals surface area (Å²) in [5.41, 5.74) is -0.388. The van der Waals surface area contributed by atoms with Crippen LogP contribution in [0.5, 0.6) is 0 Å². The average molecular weight is 325 g/mol. The molecule has 0 unspecified atom stereocenters. The lowest BCUT2D eigenvalue weighted by molar-refractivity contribution is -0.274. The zero-order chi connectivity index (χ0) is 17.0. The van der Waals surface area contributed by atoms with Crippen LogP contribution in [0.4, 0.5) is 4.79 Å².